The first-order valence-corrected chi connectivity index (χ1v) is 10.5. The first kappa shape index (κ1) is 19.2. The number of aromatic nitrogens is 6. The van der Waals surface area contributed by atoms with Crippen molar-refractivity contribution in [3.8, 4) is 10.9 Å². The van der Waals surface area contributed by atoms with E-state index in [0.29, 0.717) is 5.82 Å². The third kappa shape index (κ3) is 3.30. The number of para-hydroxylation sites is 1. The van der Waals surface area contributed by atoms with Gasteiger partial charge in [-0.05, 0) is 31.5 Å². The van der Waals surface area contributed by atoms with E-state index in [0.717, 1.165) is 44.4 Å². The number of aryl methyl sites for hydroxylation is 1. The lowest BCUT2D eigenvalue weighted by atomic mass is 10.2. The molecule has 10 heteroatoms. The molecule has 156 valence electrons. The quantitative estimate of drug-likeness (QED) is 0.300. The molecule has 0 aliphatic carbocycles. The van der Waals surface area contributed by atoms with Crippen LogP contribution in [0.3, 0.4) is 0 Å². The number of benzene rings is 1. The lowest BCUT2D eigenvalue weighted by Crippen LogP contribution is -1.98. The van der Waals surface area contributed by atoms with Crippen LogP contribution in [0.15, 0.2) is 47.3 Å². The number of hydrogen-bond donors (Lipinski definition) is 0. The van der Waals surface area contributed by atoms with Crippen molar-refractivity contribution < 1.29 is 9.57 Å². The molecule has 0 aliphatic rings. The Morgan fingerprint density at radius 3 is 2.84 bits per heavy atom. The van der Waals surface area contributed by atoms with Crippen molar-refractivity contribution >= 4 is 34.2 Å². The van der Waals surface area contributed by atoms with Crippen LogP contribution >= 0.6 is 11.3 Å². The number of hydrogen-bond acceptors (Lipinski definition) is 8. The van der Waals surface area contributed by atoms with Crippen molar-refractivity contribution in [1.29, 1.82) is 0 Å². The van der Waals surface area contributed by atoms with Crippen molar-refractivity contribution in [2.45, 2.75) is 20.5 Å². The molecule has 4 aromatic heterocycles. The lowest BCUT2D eigenvalue weighted by molar-refractivity contribution is 0.126. The third-order valence-electron chi connectivity index (χ3n) is 5.09. The largest absolute Gasteiger partial charge is 0.496 e. The summed E-state index contributed by atoms with van der Waals surface area (Å²) < 4.78 is 9.03. The minimum Gasteiger partial charge on any atom is -0.496 e. The minimum atomic E-state index is 0.139. The van der Waals surface area contributed by atoms with Gasteiger partial charge in [0.15, 0.2) is 28.9 Å². The fourth-order valence-corrected chi connectivity index (χ4v) is 4.18. The molecular weight excluding hydrogens is 414 g/mol. The molecule has 0 saturated carbocycles. The van der Waals surface area contributed by atoms with Crippen LogP contribution in [-0.4, -0.2) is 42.5 Å². The van der Waals surface area contributed by atoms with Crippen LogP contribution in [0.25, 0.3) is 21.8 Å². The number of ether oxygens (including phenoxy) is 1. The van der Waals surface area contributed by atoms with Gasteiger partial charge in [-0.15, -0.1) is 16.4 Å². The van der Waals surface area contributed by atoms with E-state index in [9.17, 15) is 0 Å². The minimum absolute atomic E-state index is 0.139. The molecule has 0 radical (unpaired) electrons. The molecule has 4 heterocycles. The molecule has 5 rings (SSSR count). The average molecular weight is 433 g/mol. The Morgan fingerprint density at radius 2 is 2.03 bits per heavy atom. The molecule has 0 amide bonds. The zero-order chi connectivity index (χ0) is 21.4. The van der Waals surface area contributed by atoms with Crippen LogP contribution < -0.4 is 4.74 Å². The molecule has 0 saturated heterocycles. The molecule has 1 aromatic carbocycles. The first-order valence-electron chi connectivity index (χ1n) is 9.57. The van der Waals surface area contributed by atoms with Gasteiger partial charge in [0, 0.05) is 22.8 Å². The molecular formula is C21H19N7O2S. The van der Waals surface area contributed by atoms with E-state index in [2.05, 4.69) is 43.6 Å². The molecule has 0 fully saturated rings. The summed E-state index contributed by atoms with van der Waals surface area (Å²) in [6, 6.07) is 7.58. The Morgan fingerprint density at radius 1 is 1.16 bits per heavy atom. The highest BCUT2D eigenvalue weighted by atomic mass is 32.1. The summed E-state index contributed by atoms with van der Waals surface area (Å²) in [5, 5.41) is 12.3. The number of thiazole rings is 1. The van der Waals surface area contributed by atoms with Crippen LogP contribution in [-0.2, 0) is 11.4 Å². The van der Waals surface area contributed by atoms with E-state index in [1.54, 1.807) is 41.7 Å². The van der Waals surface area contributed by atoms with E-state index >= 15 is 0 Å². The van der Waals surface area contributed by atoms with E-state index in [-0.39, 0.29) is 6.61 Å². The van der Waals surface area contributed by atoms with Crippen molar-refractivity contribution in [3.05, 3.63) is 64.8 Å². The predicted octanol–water partition coefficient (Wildman–Crippen LogP) is 3.70. The van der Waals surface area contributed by atoms with Gasteiger partial charge in [0.05, 0.1) is 18.7 Å². The third-order valence-corrected chi connectivity index (χ3v) is 5.84. The van der Waals surface area contributed by atoms with Crippen LogP contribution in [0.5, 0.6) is 5.75 Å². The Balaban J connectivity index is 1.45. The van der Waals surface area contributed by atoms with Gasteiger partial charge in [-0.2, -0.15) is 0 Å². The molecule has 0 bridgehead atoms. The fraction of sp³-hybridized carbons (Fsp3) is 0.190. The van der Waals surface area contributed by atoms with Crippen LogP contribution in [0.4, 0.5) is 0 Å². The number of oxime groups is 1. The second-order valence-electron chi connectivity index (χ2n) is 6.85. The van der Waals surface area contributed by atoms with E-state index in [4.69, 9.17) is 9.57 Å². The maximum Gasteiger partial charge on any atom is 0.195 e. The maximum atomic E-state index is 5.42. The summed E-state index contributed by atoms with van der Waals surface area (Å²) in [4.78, 5) is 19.2. The van der Waals surface area contributed by atoms with Crippen molar-refractivity contribution in [1.82, 2.24) is 29.1 Å². The molecule has 31 heavy (non-hydrogen) atoms. The molecule has 0 aliphatic heterocycles. The van der Waals surface area contributed by atoms with Crippen LogP contribution in [0.1, 0.15) is 22.6 Å². The normalized spacial score (nSPS) is 11.7. The zero-order valence-electron chi connectivity index (χ0n) is 17.2. The summed E-state index contributed by atoms with van der Waals surface area (Å²) in [6.07, 6.45) is 5.06. The monoisotopic (exact) mass is 433 g/mol. The Labute approximate surface area is 181 Å². The van der Waals surface area contributed by atoms with Gasteiger partial charge in [0.2, 0.25) is 0 Å². The first-order chi connectivity index (χ1) is 15.2. The second kappa shape index (κ2) is 7.80. The van der Waals surface area contributed by atoms with Gasteiger partial charge < -0.3 is 9.57 Å². The van der Waals surface area contributed by atoms with Gasteiger partial charge >= 0.3 is 0 Å². The standard InChI is InChI=1S/C21H19N7O2S/c1-13-14(2)28(21-22-8-9-31-21)19-18(13)20-25-17(26-27(20)12-23-19)11-30-24-10-15-6-4-5-7-16(15)29-3/h4-10,12H,11H2,1-3H3. The van der Waals surface area contributed by atoms with Crippen LogP contribution in [0.2, 0.25) is 0 Å². The van der Waals surface area contributed by atoms with Crippen LogP contribution in [0, 0.1) is 13.8 Å². The van der Waals surface area contributed by atoms with Crippen molar-refractivity contribution in [2.24, 2.45) is 5.16 Å². The number of nitrogens with zero attached hydrogens (tertiary/aromatic N) is 7. The number of fused-ring (bicyclic) bond motifs is 3. The molecule has 9 nitrogen and oxygen atoms in total. The van der Waals surface area contributed by atoms with Gasteiger partial charge in [-0.25, -0.2) is 19.5 Å². The van der Waals surface area contributed by atoms with E-state index in [1.165, 1.54) is 0 Å². The summed E-state index contributed by atoms with van der Waals surface area (Å²) in [6.45, 7) is 4.26. The summed E-state index contributed by atoms with van der Waals surface area (Å²) in [5.74, 6) is 1.25. The van der Waals surface area contributed by atoms with Crippen molar-refractivity contribution in [2.75, 3.05) is 7.11 Å². The molecule has 0 unspecified atom stereocenters. The maximum absolute atomic E-state index is 5.42. The molecule has 5 aromatic rings. The predicted molar refractivity (Wildman–Crippen MR) is 118 cm³/mol. The second-order valence-corrected chi connectivity index (χ2v) is 7.72. The Bertz CT molecular complexity index is 1400. The lowest BCUT2D eigenvalue weighted by Gasteiger charge is -2.02. The highest BCUT2D eigenvalue weighted by Crippen LogP contribution is 2.30. The summed E-state index contributed by atoms with van der Waals surface area (Å²) in [5.41, 5.74) is 4.54. The Kier molecular flexibility index (Phi) is 4.83. The highest BCUT2D eigenvalue weighted by Gasteiger charge is 2.19. The smallest absolute Gasteiger partial charge is 0.195 e. The van der Waals surface area contributed by atoms with Gasteiger partial charge in [-0.1, -0.05) is 17.3 Å². The van der Waals surface area contributed by atoms with Crippen molar-refractivity contribution in [3.63, 3.8) is 0 Å². The molecule has 0 spiro atoms. The zero-order valence-corrected chi connectivity index (χ0v) is 18.0. The fourth-order valence-electron chi connectivity index (χ4n) is 3.49. The highest BCUT2D eigenvalue weighted by molar-refractivity contribution is 7.12. The number of rotatable bonds is 6. The summed E-state index contributed by atoms with van der Waals surface area (Å²) >= 11 is 1.57. The van der Waals surface area contributed by atoms with E-state index < -0.39 is 0 Å². The topological polar surface area (TPSA) is 91.7 Å². The molecule has 0 atom stereocenters. The number of methoxy groups -OCH3 is 1. The van der Waals surface area contributed by atoms with Gasteiger partial charge in [0.25, 0.3) is 0 Å². The molecule has 0 N–H and O–H groups in total. The Hall–Kier alpha value is -3.79. The summed E-state index contributed by atoms with van der Waals surface area (Å²) in [7, 11) is 1.62. The average Bonchev–Trinajstić information content (AvgIpc) is 3.50. The SMILES string of the molecule is COc1ccccc1C=NOCc1nc2c3c(C)c(C)n(-c4nccs4)c3ncn2n1. The van der Waals surface area contributed by atoms with E-state index in [1.807, 2.05) is 29.6 Å². The van der Waals surface area contributed by atoms with Gasteiger partial charge in [0.1, 0.15) is 12.1 Å². The van der Waals surface area contributed by atoms with Gasteiger partial charge in [-0.3, -0.25) is 4.57 Å².